The zero-order valence-corrected chi connectivity index (χ0v) is 12.2. The molecular weight excluding hydrogens is 264 g/mol. The fourth-order valence-corrected chi connectivity index (χ4v) is 2.91. The van der Waals surface area contributed by atoms with Crippen molar-refractivity contribution in [2.24, 2.45) is 0 Å². The predicted octanol–water partition coefficient (Wildman–Crippen LogP) is 4.19. The van der Waals surface area contributed by atoms with E-state index in [-0.39, 0.29) is 6.04 Å². The van der Waals surface area contributed by atoms with Crippen LogP contribution in [-0.2, 0) is 0 Å². The monoisotopic (exact) mass is 280 g/mol. The molecule has 4 heteroatoms. The molecule has 18 heavy (non-hydrogen) atoms. The second-order valence-electron chi connectivity index (χ2n) is 4.26. The van der Waals surface area contributed by atoms with Crippen molar-refractivity contribution in [1.82, 2.24) is 10.3 Å². The molecule has 0 spiro atoms. The molecule has 0 radical (unpaired) electrons. The smallest absolute Gasteiger partial charge is 0.114 e. The molecule has 0 saturated carbocycles. The Bertz CT molecular complexity index is 497. The Kier molecular flexibility index (Phi) is 4.75. The van der Waals surface area contributed by atoms with Crippen LogP contribution in [0.1, 0.15) is 35.5 Å². The quantitative estimate of drug-likeness (QED) is 0.888. The van der Waals surface area contributed by atoms with E-state index in [1.54, 1.807) is 11.3 Å². The van der Waals surface area contributed by atoms with Gasteiger partial charge in [-0.25, -0.2) is 4.98 Å². The summed E-state index contributed by atoms with van der Waals surface area (Å²) in [4.78, 5) is 4.43. The molecule has 0 aliphatic carbocycles. The normalized spacial score (nSPS) is 12.6. The summed E-state index contributed by atoms with van der Waals surface area (Å²) >= 11 is 7.70. The lowest BCUT2D eigenvalue weighted by atomic mass is 10.0. The number of thiazole rings is 1. The van der Waals surface area contributed by atoms with Crippen molar-refractivity contribution in [2.75, 3.05) is 6.54 Å². The molecule has 1 heterocycles. The summed E-state index contributed by atoms with van der Waals surface area (Å²) in [6.07, 6.45) is 2.96. The van der Waals surface area contributed by atoms with Crippen LogP contribution in [0.25, 0.3) is 0 Å². The van der Waals surface area contributed by atoms with Crippen LogP contribution in [0.5, 0.6) is 0 Å². The molecule has 0 saturated heterocycles. The van der Waals surface area contributed by atoms with E-state index < -0.39 is 0 Å². The Hall–Kier alpha value is -0.900. The molecule has 0 aliphatic rings. The molecule has 1 atom stereocenters. The molecule has 1 N–H and O–H groups in total. The number of hydrogen-bond donors (Lipinski definition) is 1. The third-order valence-corrected chi connectivity index (χ3v) is 3.92. The Labute approximate surface area is 117 Å². The minimum atomic E-state index is 0.169. The third kappa shape index (κ3) is 3.10. The summed E-state index contributed by atoms with van der Waals surface area (Å²) in [5.74, 6) is 0. The predicted molar refractivity (Wildman–Crippen MR) is 78.4 cm³/mol. The first-order valence-corrected chi connectivity index (χ1v) is 7.37. The van der Waals surface area contributed by atoms with Crippen molar-refractivity contribution in [2.45, 2.75) is 26.3 Å². The van der Waals surface area contributed by atoms with Crippen molar-refractivity contribution in [3.8, 4) is 0 Å². The van der Waals surface area contributed by atoms with Gasteiger partial charge in [0.15, 0.2) is 0 Å². The first-order valence-electron chi connectivity index (χ1n) is 6.11. The zero-order valence-electron chi connectivity index (χ0n) is 10.6. The summed E-state index contributed by atoms with van der Waals surface area (Å²) in [6.45, 7) is 5.24. The van der Waals surface area contributed by atoms with Crippen molar-refractivity contribution in [1.29, 1.82) is 0 Å². The molecular formula is C14H17ClN2S. The molecule has 0 fully saturated rings. The SMILES string of the molecule is CCCNC(c1nccs1)c1ccc(Cl)cc1C. The van der Waals surface area contributed by atoms with Crippen LogP contribution >= 0.6 is 22.9 Å². The number of rotatable bonds is 5. The Balaban J connectivity index is 2.33. The number of aromatic nitrogens is 1. The fraction of sp³-hybridized carbons (Fsp3) is 0.357. The third-order valence-electron chi connectivity index (χ3n) is 2.84. The average molecular weight is 281 g/mol. The summed E-state index contributed by atoms with van der Waals surface area (Å²) in [7, 11) is 0. The first-order chi connectivity index (χ1) is 8.72. The number of nitrogens with one attached hydrogen (secondary N) is 1. The molecule has 1 aromatic carbocycles. The summed E-state index contributed by atoms with van der Waals surface area (Å²) in [5, 5.41) is 7.46. The largest absolute Gasteiger partial charge is 0.304 e. The van der Waals surface area contributed by atoms with E-state index in [1.807, 2.05) is 23.7 Å². The van der Waals surface area contributed by atoms with Crippen molar-refractivity contribution < 1.29 is 0 Å². The lowest BCUT2D eigenvalue weighted by molar-refractivity contribution is 0.593. The maximum Gasteiger partial charge on any atom is 0.114 e. The molecule has 2 nitrogen and oxygen atoms in total. The molecule has 1 unspecified atom stereocenters. The molecule has 0 amide bonds. The van der Waals surface area contributed by atoms with Gasteiger partial charge in [-0.1, -0.05) is 24.6 Å². The van der Waals surface area contributed by atoms with Crippen LogP contribution in [0, 0.1) is 6.92 Å². The zero-order chi connectivity index (χ0) is 13.0. The van der Waals surface area contributed by atoms with Crippen LogP contribution in [0.3, 0.4) is 0 Å². The van der Waals surface area contributed by atoms with Gasteiger partial charge in [0.1, 0.15) is 5.01 Å². The number of halogens is 1. The maximum atomic E-state index is 6.02. The highest BCUT2D eigenvalue weighted by molar-refractivity contribution is 7.09. The Morgan fingerprint density at radius 2 is 2.28 bits per heavy atom. The standard InChI is InChI=1S/C14H17ClN2S/c1-3-6-16-13(14-17-7-8-18-14)12-5-4-11(15)9-10(12)2/h4-5,7-9,13,16H,3,6H2,1-2H3. The van der Waals surface area contributed by atoms with Crippen molar-refractivity contribution >= 4 is 22.9 Å². The maximum absolute atomic E-state index is 6.02. The van der Waals surface area contributed by atoms with E-state index in [2.05, 4.69) is 30.2 Å². The second-order valence-corrected chi connectivity index (χ2v) is 5.62. The lowest BCUT2D eigenvalue weighted by Gasteiger charge is -2.19. The highest BCUT2D eigenvalue weighted by Crippen LogP contribution is 2.28. The van der Waals surface area contributed by atoms with Gasteiger partial charge >= 0.3 is 0 Å². The minimum absolute atomic E-state index is 0.169. The molecule has 1 aromatic heterocycles. The molecule has 2 rings (SSSR count). The second kappa shape index (κ2) is 6.32. The van der Waals surface area contributed by atoms with Crippen LogP contribution in [0.4, 0.5) is 0 Å². The molecule has 96 valence electrons. The topological polar surface area (TPSA) is 24.9 Å². The van der Waals surface area contributed by atoms with Gasteiger partial charge in [-0.3, -0.25) is 0 Å². The average Bonchev–Trinajstić information content (AvgIpc) is 2.85. The summed E-state index contributed by atoms with van der Waals surface area (Å²) < 4.78 is 0. The van der Waals surface area contributed by atoms with E-state index in [9.17, 15) is 0 Å². The number of aryl methyl sites for hydroxylation is 1. The first kappa shape index (κ1) is 13.5. The van der Waals surface area contributed by atoms with E-state index in [0.29, 0.717) is 0 Å². The minimum Gasteiger partial charge on any atom is -0.304 e. The molecule has 2 aromatic rings. The van der Waals surface area contributed by atoms with Crippen LogP contribution in [0.2, 0.25) is 5.02 Å². The van der Waals surface area contributed by atoms with E-state index in [0.717, 1.165) is 23.0 Å². The Morgan fingerprint density at radius 1 is 1.44 bits per heavy atom. The lowest BCUT2D eigenvalue weighted by Crippen LogP contribution is -2.23. The highest BCUT2D eigenvalue weighted by atomic mass is 35.5. The van der Waals surface area contributed by atoms with Crippen LogP contribution < -0.4 is 5.32 Å². The van der Waals surface area contributed by atoms with Gasteiger partial charge in [0.25, 0.3) is 0 Å². The van der Waals surface area contributed by atoms with Gasteiger partial charge < -0.3 is 5.32 Å². The van der Waals surface area contributed by atoms with Gasteiger partial charge in [0.2, 0.25) is 0 Å². The van der Waals surface area contributed by atoms with Crippen LogP contribution in [-0.4, -0.2) is 11.5 Å². The van der Waals surface area contributed by atoms with E-state index >= 15 is 0 Å². The fourth-order valence-electron chi connectivity index (χ4n) is 1.96. The van der Waals surface area contributed by atoms with E-state index in [1.165, 1.54) is 11.1 Å². The Morgan fingerprint density at radius 3 is 2.89 bits per heavy atom. The van der Waals surface area contributed by atoms with Gasteiger partial charge in [0.05, 0.1) is 6.04 Å². The van der Waals surface area contributed by atoms with Gasteiger partial charge in [0, 0.05) is 16.6 Å². The molecule has 0 aliphatic heterocycles. The van der Waals surface area contributed by atoms with E-state index in [4.69, 9.17) is 11.6 Å². The summed E-state index contributed by atoms with van der Waals surface area (Å²) in [6, 6.07) is 6.21. The van der Waals surface area contributed by atoms with Gasteiger partial charge in [-0.15, -0.1) is 11.3 Å². The molecule has 0 bridgehead atoms. The number of benzene rings is 1. The van der Waals surface area contributed by atoms with Gasteiger partial charge in [-0.05, 0) is 43.1 Å². The van der Waals surface area contributed by atoms with Crippen molar-refractivity contribution in [3.05, 3.63) is 50.9 Å². The van der Waals surface area contributed by atoms with Gasteiger partial charge in [-0.2, -0.15) is 0 Å². The highest BCUT2D eigenvalue weighted by Gasteiger charge is 2.17. The summed E-state index contributed by atoms with van der Waals surface area (Å²) in [5.41, 5.74) is 2.45. The number of nitrogens with zero attached hydrogens (tertiary/aromatic N) is 1. The van der Waals surface area contributed by atoms with Crippen LogP contribution in [0.15, 0.2) is 29.8 Å². The number of hydrogen-bond acceptors (Lipinski definition) is 3. The van der Waals surface area contributed by atoms with Crippen molar-refractivity contribution in [3.63, 3.8) is 0 Å².